The van der Waals surface area contributed by atoms with Gasteiger partial charge >= 0.3 is 11.9 Å². The van der Waals surface area contributed by atoms with Gasteiger partial charge in [-0.3, -0.25) is 0 Å². The van der Waals surface area contributed by atoms with Crippen molar-refractivity contribution in [2.75, 3.05) is 26.4 Å². The Morgan fingerprint density at radius 1 is 0.620 bits per heavy atom. The first-order valence-corrected chi connectivity index (χ1v) is 18.4. The fourth-order valence-corrected chi connectivity index (χ4v) is 5.92. The summed E-state index contributed by atoms with van der Waals surface area (Å²) >= 11 is 0. The van der Waals surface area contributed by atoms with E-state index >= 15 is 0 Å². The molecule has 0 aliphatic carbocycles. The van der Waals surface area contributed by atoms with Crippen LogP contribution in [-0.2, 0) is 57.6 Å². The molecule has 0 fully saturated rings. The molecule has 270 valence electrons. The summed E-state index contributed by atoms with van der Waals surface area (Å²) in [7, 11) is 0. The van der Waals surface area contributed by atoms with Gasteiger partial charge in [-0.15, -0.1) is 0 Å². The van der Waals surface area contributed by atoms with Crippen molar-refractivity contribution in [1.29, 1.82) is 0 Å². The lowest BCUT2D eigenvalue weighted by atomic mass is 9.90. The monoisotopic (exact) mass is 682 g/mol. The molecular formula is C44H58O6. The van der Waals surface area contributed by atoms with Gasteiger partial charge in [0.1, 0.15) is 5.75 Å². The molecule has 0 aromatic heterocycles. The SMILES string of the molecule is C=C(C)C(=O)OCCCc1cc(-c2ccc(CCc3ccc(CCCCC)cc3)cc2CC)cc(CCCOC(=O)C(=C)C)c1OCCCO. The van der Waals surface area contributed by atoms with Gasteiger partial charge in [-0.05, 0) is 128 Å². The fourth-order valence-electron chi connectivity index (χ4n) is 5.92. The summed E-state index contributed by atoms with van der Waals surface area (Å²) in [5, 5.41) is 9.45. The number of aliphatic hydroxyl groups excluding tert-OH is 1. The molecule has 0 saturated carbocycles. The average molecular weight is 683 g/mol. The van der Waals surface area contributed by atoms with E-state index in [0.717, 1.165) is 48.1 Å². The first-order chi connectivity index (χ1) is 24.2. The molecule has 0 amide bonds. The second-order valence-electron chi connectivity index (χ2n) is 13.2. The quantitative estimate of drug-likeness (QED) is 0.0610. The van der Waals surface area contributed by atoms with Gasteiger partial charge in [-0.2, -0.15) is 0 Å². The highest BCUT2D eigenvalue weighted by Crippen LogP contribution is 2.35. The smallest absolute Gasteiger partial charge is 0.333 e. The Kier molecular flexibility index (Phi) is 17.6. The van der Waals surface area contributed by atoms with E-state index in [4.69, 9.17) is 14.2 Å². The highest BCUT2D eigenvalue weighted by Gasteiger charge is 2.17. The third kappa shape index (κ3) is 13.3. The van der Waals surface area contributed by atoms with Crippen molar-refractivity contribution in [2.45, 2.75) is 105 Å². The Labute approximate surface area is 300 Å². The number of benzene rings is 3. The standard InChI is InChI=1S/C44H58O6/c1-7-9-10-14-34-17-19-35(20-18-34)21-22-36-23-24-41(37(8-2)29-36)40-30-38(15-11-26-49-43(46)32(3)4)42(48-28-13-25-45)39(31-40)16-12-27-50-44(47)33(5)6/h17-20,23-24,29-31,45H,3,5,7-16,21-22,25-28H2,1-2,4,6H3. The first kappa shape index (κ1) is 40.3. The normalized spacial score (nSPS) is 10.9. The number of hydrogen-bond acceptors (Lipinski definition) is 6. The van der Waals surface area contributed by atoms with E-state index in [0.29, 0.717) is 49.9 Å². The molecule has 3 rings (SSSR count). The Bertz CT molecular complexity index is 1500. The van der Waals surface area contributed by atoms with Crippen LogP contribution in [0.5, 0.6) is 5.75 Å². The molecule has 0 aliphatic heterocycles. The number of hydrogen-bond donors (Lipinski definition) is 1. The van der Waals surface area contributed by atoms with Gasteiger partial charge in [0.05, 0.1) is 19.8 Å². The zero-order valence-electron chi connectivity index (χ0n) is 30.9. The predicted octanol–water partition coefficient (Wildman–Crippen LogP) is 9.30. The molecule has 0 unspecified atom stereocenters. The third-order valence-corrected chi connectivity index (χ3v) is 8.79. The van der Waals surface area contributed by atoms with Crippen LogP contribution in [0, 0.1) is 0 Å². The summed E-state index contributed by atoms with van der Waals surface area (Å²) in [6.45, 7) is 16.0. The number of esters is 2. The Balaban J connectivity index is 1.88. The van der Waals surface area contributed by atoms with Crippen LogP contribution in [0.3, 0.4) is 0 Å². The van der Waals surface area contributed by atoms with Crippen molar-refractivity contribution < 1.29 is 28.9 Å². The maximum Gasteiger partial charge on any atom is 0.333 e. The lowest BCUT2D eigenvalue weighted by Gasteiger charge is -2.20. The fraction of sp³-hybridized carbons (Fsp3) is 0.455. The number of carbonyl (C=O) groups excluding carboxylic acids is 2. The molecule has 0 bridgehead atoms. The second-order valence-corrected chi connectivity index (χ2v) is 13.2. The van der Waals surface area contributed by atoms with E-state index in [-0.39, 0.29) is 19.8 Å². The number of rotatable bonds is 23. The lowest BCUT2D eigenvalue weighted by Crippen LogP contribution is -2.10. The molecule has 0 spiro atoms. The number of ether oxygens (including phenoxy) is 3. The number of aryl methyl sites for hydroxylation is 6. The topological polar surface area (TPSA) is 82.1 Å². The average Bonchev–Trinajstić information content (AvgIpc) is 3.11. The van der Waals surface area contributed by atoms with Gasteiger partial charge in [0.25, 0.3) is 0 Å². The van der Waals surface area contributed by atoms with E-state index in [9.17, 15) is 14.7 Å². The molecule has 0 radical (unpaired) electrons. The van der Waals surface area contributed by atoms with Crippen molar-refractivity contribution in [3.8, 4) is 16.9 Å². The summed E-state index contributed by atoms with van der Waals surface area (Å²) in [5.41, 5.74) is 10.5. The zero-order valence-corrected chi connectivity index (χ0v) is 30.9. The molecule has 0 aliphatic rings. The van der Waals surface area contributed by atoms with Crippen LogP contribution in [0.2, 0.25) is 0 Å². The molecule has 3 aromatic rings. The Hall–Kier alpha value is -4.16. The summed E-state index contributed by atoms with van der Waals surface area (Å²) in [5.74, 6) is -0.00348. The highest BCUT2D eigenvalue weighted by molar-refractivity contribution is 5.87. The highest BCUT2D eigenvalue weighted by atomic mass is 16.5. The molecule has 1 N–H and O–H groups in total. The molecule has 0 atom stereocenters. The van der Waals surface area contributed by atoms with Crippen molar-refractivity contribution in [3.05, 3.63) is 112 Å². The van der Waals surface area contributed by atoms with Crippen molar-refractivity contribution in [2.24, 2.45) is 0 Å². The van der Waals surface area contributed by atoms with Gasteiger partial charge in [0.2, 0.25) is 0 Å². The largest absolute Gasteiger partial charge is 0.493 e. The van der Waals surface area contributed by atoms with Crippen molar-refractivity contribution >= 4 is 11.9 Å². The maximum atomic E-state index is 12.0. The summed E-state index contributed by atoms with van der Waals surface area (Å²) in [6.07, 6.45) is 10.8. The van der Waals surface area contributed by atoms with Crippen LogP contribution in [-0.4, -0.2) is 43.5 Å². The van der Waals surface area contributed by atoms with E-state index in [1.165, 1.54) is 47.1 Å². The van der Waals surface area contributed by atoms with Crippen LogP contribution in [0.15, 0.2) is 78.9 Å². The number of aliphatic hydroxyl groups is 1. The van der Waals surface area contributed by atoms with Crippen LogP contribution in [0.1, 0.15) is 99.6 Å². The predicted molar refractivity (Wildman–Crippen MR) is 204 cm³/mol. The summed E-state index contributed by atoms with van der Waals surface area (Å²) in [4.78, 5) is 24.0. The van der Waals surface area contributed by atoms with E-state index in [2.05, 4.69) is 81.6 Å². The summed E-state index contributed by atoms with van der Waals surface area (Å²) < 4.78 is 17.1. The van der Waals surface area contributed by atoms with Crippen LogP contribution in [0.25, 0.3) is 11.1 Å². The van der Waals surface area contributed by atoms with Gasteiger partial charge in [0.15, 0.2) is 0 Å². The molecule has 3 aromatic carbocycles. The van der Waals surface area contributed by atoms with Crippen molar-refractivity contribution in [3.63, 3.8) is 0 Å². The molecule has 50 heavy (non-hydrogen) atoms. The molecule has 0 saturated heterocycles. The zero-order chi connectivity index (χ0) is 36.3. The third-order valence-electron chi connectivity index (χ3n) is 8.79. The minimum atomic E-state index is -0.393. The van der Waals surface area contributed by atoms with Gasteiger partial charge in [-0.1, -0.05) is 82.3 Å². The minimum Gasteiger partial charge on any atom is -0.493 e. The molecule has 0 heterocycles. The van der Waals surface area contributed by atoms with Crippen LogP contribution >= 0.6 is 0 Å². The maximum absolute atomic E-state index is 12.0. The van der Waals surface area contributed by atoms with E-state index in [1.54, 1.807) is 13.8 Å². The first-order valence-electron chi connectivity index (χ1n) is 18.4. The van der Waals surface area contributed by atoms with E-state index in [1.807, 2.05) is 0 Å². The van der Waals surface area contributed by atoms with Crippen LogP contribution in [0.4, 0.5) is 0 Å². The Morgan fingerprint density at radius 2 is 1.16 bits per heavy atom. The van der Waals surface area contributed by atoms with Gasteiger partial charge < -0.3 is 19.3 Å². The number of carbonyl (C=O) groups is 2. The van der Waals surface area contributed by atoms with Gasteiger partial charge in [-0.25, -0.2) is 9.59 Å². The lowest BCUT2D eigenvalue weighted by molar-refractivity contribution is -0.139. The van der Waals surface area contributed by atoms with Crippen molar-refractivity contribution in [1.82, 2.24) is 0 Å². The Morgan fingerprint density at radius 3 is 1.68 bits per heavy atom. The second kappa shape index (κ2) is 21.8. The summed E-state index contributed by atoms with van der Waals surface area (Å²) in [6, 6.07) is 20.3. The minimum absolute atomic E-state index is 0.0347. The number of unbranched alkanes of at least 4 members (excludes halogenated alkanes) is 2. The van der Waals surface area contributed by atoms with E-state index < -0.39 is 11.9 Å². The molecule has 6 heteroatoms. The molecule has 6 nitrogen and oxygen atoms in total. The van der Waals surface area contributed by atoms with Gasteiger partial charge in [0, 0.05) is 24.2 Å². The van der Waals surface area contributed by atoms with Crippen LogP contribution < -0.4 is 4.74 Å². The molecular weight excluding hydrogens is 624 g/mol.